The first kappa shape index (κ1) is 13.7. The summed E-state index contributed by atoms with van der Waals surface area (Å²) in [5, 5.41) is 16.8. The van der Waals surface area contributed by atoms with Gasteiger partial charge in [0.2, 0.25) is 0 Å². The highest BCUT2D eigenvalue weighted by atomic mass is 15.3. The second-order valence-corrected chi connectivity index (χ2v) is 4.81. The zero-order valence-corrected chi connectivity index (χ0v) is 11.4. The lowest BCUT2D eigenvalue weighted by atomic mass is 10.2. The van der Waals surface area contributed by atoms with Crippen LogP contribution in [0.4, 0.5) is 0 Å². The molecule has 94 valence electrons. The molecule has 4 heteroatoms. The highest BCUT2D eigenvalue weighted by Gasteiger charge is 2.11. The second kappa shape index (κ2) is 5.83. The van der Waals surface area contributed by atoms with E-state index in [0.717, 1.165) is 18.7 Å². The summed E-state index contributed by atoms with van der Waals surface area (Å²) in [6, 6.07) is 2.53. The topological polar surface area (TPSA) is 53.6 Å². The third-order valence-electron chi connectivity index (χ3n) is 3.06. The molecule has 0 spiro atoms. The summed E-state index contributed by atoms with van der Waals surface area (Å²) in [5.41, 5.74) is 3.52. The molecule has 1 aromatic rings. The van der Waals surface area contributed by atoms with Crippen molar-refractivity contribution in [3.05, 3.63) is 17.0 Å². The van der Waals surface area contributed by atoms with E-state index in [1.165, 1.54) is 11.3 Å². The molecular weight excluding hydrogens is 212 g/mol. The van der Waals surface area contributed by atoms with Crippen molar-refractivity contribution in [2.45, 2.75) is 59.7 Å². The number of rotatable bonds is 5. The summed E-state index contributed by atoms with van der Waals surface area (Å²) < 4.78 is 2.00. The van der Waals surface area contributed by atoms with Crippen molar-refractivity contribution >= 4 is 0 Å². The first-order valence-electron chi connectivity index (χ1n) is 6.12. The van der Waals surface area contributed by atoms with Crippen LogP contribution in [0.1, 0.15) is 37.2 Å². The lowest BCUT2D eigenvalue weighted by molar-refractivity contribution is 0.457. The number of hydrogen-bond donors (Lipinski definition) is 1. The van der Waals surface area contributed by atoms with Gasteiger partial charge in [-0.1, -0.05) is 0 Å². The minimum atomic E-state index is -0.0980. The van der Waals surface area contributed by atoms with Crippen molar-refractivity contribution in [3.8, 4) is 6.07 Å². The van der Waals surface area contributed by atoms with Crippen LogP contribution in [0.5, 0.6) is 0 Å². The highest BCUT2D eigenvalue weighted by Crippen LogP contribution is 2.11. The van der Waals surface area contributed by atoms with Crippen LogP contribution in [-0.4, -0.2) is 21.9 Å². The van der Waals surface area contributed by atoms with Gasteiger partial charge in [-0.25, -0.2) is 0 Å². The molecule has 17 heavy (non-hydrogen) atoms. The van der Waals surface area contributed by atoms with Crippen molar-refractivity contribution in [3.63, 3.8) is 0 Å². The Balaban J connectivity index is 2.60. The number of nitriles is 1. The molecule has 0 aliphatic rings. The van der Waals surface area contributed by atoms with Crippen LogP contribution in [0.25, 0.3) is 0 Å². The number of nitrogens with one attached hydrogen (secondary N) is 1. The average molecular weight is 234 g/mol. The maximum absolute atomic E-state index is 9.04. The van der Waals surface area contributed by atoms with E-state index in [-0.39, 0.29) is 6.04 Å². The predicted molar refractivity (Wildman–Crippen MR) is 68.7 cm³/mol. The Bertz CT molecular complexity index is 412. The van der Waals surface area contributed by atoms with E-state index in [9.17, 15) is 0 Å². The predicted octanol–water partition coefficient (Wildman–Crippen LogP) is 2.09. The van der Waals surface area contributed by atoms with Gasteiger partial charge in [-0.3, -0.25) is 10.00 Å². The Morgan fingerprint density at radius 2 is 2.00 bits per heavy atom. The summed E-state index contributed by atoms with van der Waals surface area (Å²) >= 11 is 0. The largest absolute Gasteiger partial charge is 0.300 e. The third kappa shape index (κ3) is 3.57. The molecule has 1 heterocycles. The van der Waals surface area contributed by atoms with Crippen LogP contribution in [0.2, 0.25) is 0 Å². The minimum absolute atomic E-state index is 0.0980. The van der Waals surface area contributed by atoms with Crippen LogP contribution in [-0.2, 0) is 6.54 Å². The monoisotopic (exact) mass is 234 g/mol. The second-order valence-electron chi connectivity index (χ2n) is 4.81. The van der Waals surface area contributed by atoms with Crippen LogP contribution in [0.15, 0.2) is 0 Å². The Hall–Kier alpha value is -1.34. The summed E-state index contributed by atoms with van der Waals surface area (Å²) in [6.07, 6.45) is 0.788. The van der Waals surface area contributed by atoms with Crippen LogP contribution in [0, 0.1) is 32.1 Å². The molecule has 0 amide bonds. The number of nitrogens with zero attached hydrogens (tertiary/aromatic N) is 3. The number of hydrogen-bond acceptors (Lipinski definition) is 3. The van der Waals surface area contributed by atoms with Gasteiger partial charge in [-0.05, 0) is 46.6 Å². The summed E-state index contributed by atoms with van der Waals surface area (Å²) in [7, 11) is 0. The Morgan fingerprint density at radius 3 is 2.41 bits per heavy atom. The standard InChI is InChI=1S/C13H22N4/c1-9(2)15-13(8-14)6-7-17-12(5)10(3)11(4)16-17/h9,13,15H,6-7H2,1-5H3. The van der Waals surface area contributed by atoms with Gasteiger partial charge in [-0.2, -0.15) is 10.4 Å². The van der Waals surface area contributed by atoms with Crippen LogP contribution in [0.3, 0.4) is 0 Å². The first-order valence-corrected chi connectivity index (χ1v) is 6.12. The van der Waals surface area contributed by atoms with E-state index in [2.05, 4.69) is 44.2 Å². The fourth-order valence-electron chi connectivity index (χ4n) is 1.84. The average Bonchev–Trinajstić information content (AvgIpc) is 2.51. The Kier molecular flexibility index (Phi) is 4.71. The van der Waals surface area contributed by atoms with E-state index in [0.29, 0.717) is 6.04 Å². The zero-order valence-electron chi connectivity index (χ0n) is 11.4. The molecule has 0 saturated heterocycles. The molecule has 1 atom stereocenters. The molecule has 1 unspecified atom stereocenters. The Morgan fingerprint density at radius 1 is 1.35 bits per heavy atom. The lowest BCUT2D eigenvalue weighted by Gasteiger charge is -2.14. The van der Waals surface area contributed by atoms with Gasteiger partial charge in [0.05, 0.1) is 17.8 Å². The first-order chi connectivity index (χ1) is 7.95. The SMILES string of the molecule is Cc1nn(CCC(C#N)NC(C)C)c(C)c1C. The molecule has 0 saturated carbocycles. The molecule has 1 aromatic heterocycles. The Labute approximate surface area is 104 Å². The van der Waals surface area contributed by atoms with Crippen molar-refractivity contribution in [2.24, 2.45) is 0 Å². The molecule has 0 aliphatic carbocycles. The molecule has 1 N–H and O–H groups in total. The fourth-order valence-corrected chi connectivity index (χ4v) is 1.84. The van der Waals surface area contributed by atoms with Gasteiger partial charge in [0.1, 0.15) is 0 Å². The van der Waals surface area contributed by atoms with E-state index in [1.54, 1.807) is 0 Å². The number of aryl methyl sites for hydroxylation is 2. The molecule has 0 bridgehead atoms. The van der Waals surface area contributed by atoms with E-state index < -0.39 is 0 Å². The molecule has 1 rings (SSSR count). The van der Waals surface area contributed by atoms with Crippen LogP contribution < -0.4 is 5.32 Å². The van der Waals surface area contributed by atoms with Gasteiger partial charge in [-0.15, -0.1) is 0 Å². The third-order valence-corrected chi connectivity index (χ3v) is 3.06. The zero-order chi connectivity index (χ0) is 13.0. The molecule has 0 aliphatic heterocycles. The highest BCUT2D eigenvalue weighted by molar-refractivity contribution is 5.22. The van der Waals surface area contributed by atoms with Crippen molar-refractivity contribution in [2.75, 3.05) is 0 Å². The van der Waals surface area contributed by atoms with Crippen molar-refractivity contribution in [1.82, 2.24) is 15.1 Å². The fraction of sp³-hybridized carbons (Fsp3) is 0.692. The van der Waals surface area contributed by atoms with Gasteiger partial charge in [0.25, 0.3) is 0 Å². The van der Waals surface area contributed by atoms with E-state index in [4.69, 9.17) is 5.26 Å². The van der Waals surface area contributed by atoms with E-state index in [1.807, 2.05) is 11.6 Å². The molecular formula is C13H22N4. The maximum Gasteiger partial charge on any atom is 0.0972 e. The van der Waals surface area contributed by atoms with Gasteiger partial charge in [0, 0.05) is 18.3 Å². The summed E-state index contributed by atoms with van der Waals surface area (Å²) in [5.74, 6) is 0. The molecule has 4 nitrogen and oxygen atoms in total. The molecule has 0 aromatic carbocycles. The van der Waals surface area contributed by atoms with Crippen molar-refractivity contribution < 1.29 is 0 Å². The molecule has 0 radical (unpaired) electrons. The maximum atomic E-state index is 9.04. The molecule has 0 fully saturated rings. The summed E-state index contributed by atoms with van der Waals surface area (Å²) in [6.45, 7) is 11.1. The normalized spacial score (nSPS) is 12.8. The minimum Gasteiger partial charge on any atom is -0.300 e. The quantitative estimate of drug-likeness (QED) is 0.848. The number of aromatic nitrogens is 2. The smallest absolute Gasteiger partial charge is 0.0972 e. The van der Waals surface area contributed by atoms with Crippen molar-refractivity contribution in [1.29, 1.82) is 5.26 Å². The lowest BCUT2D eigenvalue weighted by Crippen LogP contribution is -2.34. The van der Waals surface area contributed by atoms with Gasteiger partial charge >= 0.3 is 0 Å². The van der Waals surface area contributed by atoms with E-state index >= 15 is 0 Å². The van der Waals surface area contributed by atoms with Crippen LogP contribution >= 0.6 is 0 Å². The van der Waals surface area contributed by atoms with Gasteiger partial charge in [0.15, 0.2) is 0 Å². The summed E-state index contributed by atoms with van der Waals surface area (Å²) in [4.78, 5) is 0. The van der Waals surface area contributed by atoms with Gasteiger partial charge < -0.3 is 0 Å².